The maximum absolute atomic E-state index is 18.7. The molecule has 0 bridgehead atoms. The molecule has 3 saturated heterocycles. The molecule has 2 aromatic carbocycles. The Balaban J connectivity index is 1.21. The number of aromatic nitrogens is 4. The lowest BCUT2D eigenvalue weighted by Gasteiger charge is -2.44. The molecule has 0 radical (unpaired) electrons. The highest BCUT2D eigenvalue weighted by Crippen LogP contribution is 2.47. The standard InChI is InChI=1S/C40H53FN6O6Si/c1-39(2,3)54(28-14-6-4-7-15-28,29-16-8-5-9-17-29)51-24-30-34(53-32-19-11-13-23-49-32)40(41,25-50-31-18-10-12-22-48-31)37(52-30)47-26-43-33-35(44-27-20-21-27)45-38(42)46-36(33)47/h4-9,14-17,26-27,30-32,34,37H,10-13,18-25H2,1-3H3,(H3,42,44,45,46)/t30-,31?,32?,34-,37-,40-/m1/s1. The number of ether oxygens (including phenoxy) is 5. The summed E-state index contributed by atoms with van der Waals surface area (Å²) in [6.07, 6.45) is 4.19. The van der Waals surface area contributed by atoms with E-state index in [0.717, 1.165) is 48.9 Å². The first-order chi connectivity index (χ1) is 26.2. The third-order valence-corrected chi connectivity index (χ3v) is 16.1. The van der Waals surface area contributed by atoms with E-state index in [1.54, 1.807) is 10.9 Å². The summed E-state index contributed by atoms with van der Waals surface area (Å²) < 4.78 is 59.6. The van der Waals surface area contributed by atoms with Gasteiger partial charge in [0.2, 0.25) is 11.6 Å². The van der Waals surface area contributed by atoms with Crippen molar-refractivity contribution in [2.75, 3.05) is 37.5 Å². The predicted molar refractivity (Wildman–Crippen MR) is 206 cm³/mol. The van der Waals surface area contributed by atoms with Gasteiger partial charge in [0.05, 0.1) is 19.5 Å². The highest BCUT2D eigenvalue weighted by Gasteiger charge is 2.62. The molecule has 5 heterocycles. The summed E-state index contributed by atoms with van der Waals surface area (Å²) in [4.78, 5) is 13.7. The minimum atomic E-state index is -3.05. The second kappa shape index (κ2) is 15.6. The maximum Gasteiger partial charge on any atom is 0.261 e. The van der Waals surface area contributed by atoms with Gasteiger partial charge in [-0.1, -0.05) is 81.4 Å². The number of nitrogens with zero attached hydrogens (tertiary/aromatic N) is 4. The molecule has 54 heavy (non-hydrogen) atoms. The van der Waals surface area contributed by atoms with Crippen LogP contribution in [0.2, 0.25) is 5.04 Å². The van der Waals surface area contributed by atoms with Crippen LogP contribution in [0.3, 0.4) is 0 Å². The topological polar surface area (TPSA) is 137 Å². The van der Waals surface area contributed by atoms with Gasteiger partial charge >= 0.3 is 0 Å². The summed E-state index contributed by atoms with van der Waals surface area (Å²) in [5.74, 6) is 0.569. The first-order valence-electron chi connectivity index (χ1n) is 19.5. The largest absolute Gasteiger partial charge is 0.405 e. The van der Waals surface area contributed by atoms with Crippen LogP contribution in [0.1, 0.15) is 78.4 Å². The normalized spacial score (nSPS) is 28.0. The number of imidazole rings is 1. The number of rotatable bonds is 13. The Morgan fingerprint density at radius 3 is 2.15 bits per heavy atom. The van der Waals surface area contributed by atoms with Gasteiger partial charge in [-0.2, -0.15) is 9.97 Å². The third kappa shape index (κ3) is 7.41. The van der Waals surface area contributed by atoms with Crippen molar-refractivity contribution in [2.45, 2.75) is 120 Å². The summed E-state index contributed by atoms with van der Waals surface area (Å²) >= 11 is 0. The molecule has 3 aliphatic heterocycles. The number of hydrogen-bond donors (Lipinski definition) is 2. The van der Waals surface area contributed by atoms with Gasteiger partial charge in [0, 0.05) is 19.3 Å². The number of anilines is 2. The molecule has 2 aromatic heterocycles. The van der Waals surface area contributed by atoms with Gasteiger partial charge < -0.3 is 39.2 Å². The molecule has 12 nitrogen and oxygen atoms in total. The predicted octanol–water partition coefficient (Wildman–Crippen LogP) is 5.62. The Morgan fingerprint density at radius 2 is 1.56 bits per heavy atom. The van der Waals surface area contributed by atoms with Gasteiger partial charge in [0.25, 0.3) is 8.32 Å². The van der Waals surface area contributed by atoms with Crippen LogP contribution < -0.4 is 21.4 Å². The molecule has 290 valence electrons. The Labute approximate surface area is 317 Å². The molecule has 4 fully saturated rings. The third-order valence-electron chi connectivity index (χ3n) is 11.1. The number of fused-ring (bicyclic) bond motifs is 1. The number of benzene rings is 2. The molecule has 0 amide bonds. The molecular weight excluding hydrogens is 708 g/mol. The smallest absolute Gasteiger partial charge is 0.261 e. The molecule has 14 heteroatoms. The van der Waals surface area contributed by atoms with Crippen molar-refractivity contribution in [1.29, 1.82) is 0 Å². The van der Waals surface area contributed by atoms with Crippen LogP contribution in [0, 0.1) is 0 Å². The monoisotopic (exact) mass is 760 g/mol. The van der Waals surface area contributed by atoms with E-state index < -0.39 is 45.0 Å². The Kier molecular flexibility index (Phi) is 10.8. The lowest BCUT2D eigenvalue weighted by Crippen LogP contribution is -2.67. The summed E-state index contributed by atoms with van der Waals surface area (Å²) in [7, 11) is -3.05. The molecule has 2 unspecified atom stereocenters. The number of alkyl halides is 1. The zero-order valence-electron chi connectivity index (χ0n) is 31.5. The number of nitrogen functional groups attached to an aromatic ring is 1. The number of nitrogens with two attached hydrogens (primary N) is 1. The molecule has 1 aliphatic carbocycles. The van der Waals surface area contributed by atoms with Crippen molar-refractivity contribution in [3.05, 3.63) is 67.0 Å². The quantitative estimate of drug-likeness (QED) is 0.164. The van der Waals surface area contributed by atoms with Crippen LogP contribution >= 0.6 is 0 Å². The van der Waals surface area contributed by atoms with Crippen LogP contribution in [-0.2, 0) is 28.1 Å². The van der Waals surface area contributed by atoms with Gasteiger partial charge in [-0.05, 0) is 66.8 Å². The molecule has 4 aromatic rings. The van der Waals surface area contributed by atoms with Gasteiger partial charge in [0.1, 0.15) is 12.2 Å². The van der Waals surface area contributed by atoms with E-state index in [4.69, 9.17) is 33.8 Å². The summed E-state index contributed by atoms with van der Waals surface area (Å²) in [6, 6.07) is 21.1. The molecular formula is C40H53FN6O6Si. The van der Waals surface area contributed by atoms with Crippen LogP contribution in [0.15, 0.2) is 67.0 Å². The van der Waals surface area contributed by atoms with Crippen LogP contribution in [0.25, 0.3) is 11.2 Å². The SMILES string of the molecule is CC(C)(C)[Si](OC[C@H]1O[C@@H](n2cnc3c(NC4CC4)nc(N)nc32)[C@@](F)(COC2CCCCO2)[C@@H]1OC1CCCCO1)(c1ccccc1)c1ccccc1. The summed E-state index contributed by atoms with van der Waals surface area (Å²) in [5.41, 5.74) is 4.85. The van der Waals surface area contributed by atoms with Gasteiger partial charge in [0.15, 0.2) is 35.8 Å². The number of hydrogen-bond acceptors (Lipinski definition) is 11. The van der Waals surface area contributed by atoms with E-state index in [2.05, 4.69) is 65.3 Å². The molecule has 0 spiro atoms. The van der Waals surface area contributed by atoms with Crippen molar-refractivity contribution in [3.8, 4) is 0 Å². The van der Waals surface area contributed by atoms with Gasteiger partial charge in [-0.3, -0.25) is 4.57 Å². The van der Waals surface area contributed by atoms with Gasteiger partial charge in [-0.25, -0.2) is 9.37 Å². The van der Waals surface area contributed by atoms with Crippen molar-refractivity contribution < 1.29 is 32.5 Å². The van der Waals surface area contributed by atoms with E-state index >= 15 is 4.39 Å². The highest BCUT2D eigenvalue weighted by molar-refractivity contribution is 6.99. The Hall–Kier alpha value is -3.50. The zero-order chi connectivity index (χ0) is 37.3. The second-order valence-electron chi connectivity index (χ2n) is 16.1. The number of halogens is 1. The van der Waals surface area contributed by atoms with E-state index in [1.165, 1.54) is 0 Å². The van der Waals surface area contributed by atoms with Crippen LogP contribution in [0.5, 0.6) is 0 Å². The van der Waals surface area contributed by atoms with E-state index in [0.29, 0.717) is 43.0 Å². The maximum atomic E-state index is 18.7. The fourth-order valence-corrected chi connectivity index (χ4v) is 12.8. The highest BCUT2D eigenvalue weighted by atomic mass is 28.4. The molecule has 6 atom stereocenters. The average molecular weight is 761 g/mol. The lowest BCUT2D eigenvalue weighted by atomic mass is 9.96. The van der Waals surface area contributed by atoms with Gasteiger partial charge in [-0.15, -0.1) is 0 Å². The summed E-state index contributed by atoms with van der Waals surface area (Å²) in [5, 5.41) is 5.31. The van der Waals surface area contributed by atoms with E-state index in [-0.39, 0.29) is 30.2 Å². The van der Waals surface area contributed by atoms with Crippen LogP contribution in [-0.4, -0.2) is 90.8 Å². The first-order valence-corrected chi connectivity index (χ1v) is 21.4. The number of nitrogens with one attached hydrogen (secondary N) is 1. The minimum Gasteiger partial charge on any atom is -0.405 e. The second-order valence-corrected chi connectivity index (χ2v) is 20.4. The van der Waals surface area contributed by atoms with E-state index in [9.17, 15) is 0 Å². The fraction of sp³-hybridized carbons (Fsp3) is 0.575. The average Bonchev–Trinajstić information content (AvgIpc) is 3.84. The molecule has 3 N–H and O–H groups in total. The summed E-state index contributed by atoms with van der Waals surface area (Å²) in [6.45, 7) is 7.44. The molecule has 8 rings (SSSR count). The van der Waals surface area contributed by atoms with Crippen molar-refractivity contribution >= 4 is 41.6 Å². The van der Waals surface area contributed by atoms with Crippen molar-refractivity contribution in [2.24, 2.45) is 0 Å². The minimum absolute atomic E-state index is 0.0466. The Bertz CT molecular complexity index is 1810. The van der Waals surface area contributed by atoms with Crippen molar-refractivity contribution in [1.82, 2.24) is 19.5 Å². The first kappa shape index (κ1) is 37.4. The van der Waals surface area contributed by atoms with Crippen molar-refractivity contribution in [3.63, 3.8) is 0 Å². The Morgan fingerprint density at radius 1 is 0.907 bits per heavy atom. The van der Waals surface area contributed by atoms with E-state index in [1.807, 2.05) is 36.4 Å². The molecule has 1 saturated carbocycles. The fourth-order valence-electron chi connectivity index (χ4n) is 8.22. The lowest BCUT2D eigenvalue weighted by molar-refractivity contribution is -0.237. The zero-order valence-corrected chi connectivity index (χ0v) is 32.5. The van der Waals surface area contributed by atoms with Crippen LogP contribution in [0.4, 0.5) is 16.2 Å². The molecule has 4 aliphatic rings.